The summed E-state index contributed by atoms with van der Waals surface area (Å²) in [7, 11) is 1.81. The Morgan fingerprint density at radius 3 is 2.56 bits per heavy atom. The first kappa shape index (κ1) is 15.4. The average molecular weight is 339 g/mol. The van der Waals surface area contributed by atoms with Crippen molar-refractivity contribution in [1.29, 1.82) is 0 Å². The molecule has 3 aromatic rings. The van der Waals surface area contributed by atoms with Gasteiger partial charge in [-0.2, -0.15) is 5.10 Å². The van der Waals surface area contributed by atoms with Gasteiger partial charge in [-0.25, -0.2) is 4.79 Å². The number of hydrogen-bond acceptors (Lipinski definition) is 5. The van der Waals surface area contributed by atoms with Crippen molar-refractivity contribution in [2.24, 2.45) is 7.05 Å². The van der Waals surface area contributed by atoms with Gasteiger partial charge in [0.1, 0.15) is 5.78 Å². The Kier molecular flexibility index (Phi) is 3.52. The van der Waals surface area contributed by atoms with E-state index < -0.39 is 11.2 Å². The van der Waals surface area contributed by atoms with E-state index in [0.29, 0.717) is 37.5 Å². The fourth-order valence-corrected chi connectivity index (χ4v) is 3.20. The van der Waals surface area contributed by atoms with Gasteiger partial charge in [-0.3, -0.25) is 23.8 Å². The molecule has 25 heavy (non-hydrogen) atoms. The summed E-state index contributed by atoms with van der Waals surface area (Å²) >= 11 is 0. The van der Waals surface area contributed by atoms with Crippen molar-refractivity contribution in [2.75, 3.05) is 18.0 Å². The molecule has 0 amide bonds. The fourth-order valence-electron chi connectivity index (χ4n) is 3.20. The molecular formula is C17H17N5O3. The molecule has 3 heterocycles. The fraction of sp³-hybridized carbons (Fsp3) is 0.294. The molecule has 4 rings (SSSR count). The summed E-state index contributed by atoms with van der Waals surface area (Å²) in [6.07, 6.45) is 2.57. The lowest BCUT2D eigenvalue weighted by molar-refractivity contribution is -0.119. The van der Waals surface area contributed by atoms with E-state index in [4.69, 9.17) is 0 Å². The highest BCUT2D eigenvalue weighted by Crippen LogP contribution is 2.27. The standard InChI is InChI=1S/C17H17N5O3/c1-20-14-10-11(21-7-4-12(23)5-8-21)2-3-13(14)16(19-20)22-9-6-15(24)18-17(22)25/h2-3,6,9-10H,4-5,7-8H2,1H3,(H,18,24,25). The van der Waals surface area contributed by atoms with E-state index in [-0.39, 0.29) is 0 Å². The molecule has 0 atom stereocenters. The number of nitrogens with one attached hydrogen (secondary N) is 1. The summed E-state index contributed by atoms with van der Waals surface area (Å²) in [6.45, 7) is 1.43. The smallest absolute Gasteiger partial charge is 0.334 e. The number of Topliss-reactive ketones (excluding diaryl/α,β-unsaturated/α-hetero) is 1. The third kappa shape index (κ3) is 2.65. The lowest BCUT2D eigenvalue weighted by Crippen LogP contribution is -2.33. The van der Waals surface area contributed by atoms with Gasteiger partial charge in [-0.05, 0) is 18.2 Å². The third-order valence-electron chi connectivity index (χ3n) is 4.55. The number of nitrogens with zero attached hydrogens (tertiary/aromatic N) is 4. The van der Waals surface area contributed by atoms with Crippen molar-refractivity contribution in [1.82, 2.24) is 19.3 Å². The molecule has 0 spiro atoms. The van der Waals surface area contributed by atoms with Crippen LogP contribution in [0.15, 0.2) is 40.1 Å². The number of aryl methyl sites for hydroxylation is 1. The molecule has 0 radical (unpaired) electrons. The van der Waals surface area contributed by atoms with Crippen LogP contribution in [-0.2, 0) is 11.8 Å². The van der Waals surface area contributed by atoms with Gasteiger partial charge in [0, 0.05) is 56.3 Å². The number of ketones is 1. The number of rotatable bonds is 2. The first-order chi connectivity index (χ1) is 12.0. The summed E-state index contributed by atoms with van der Waals surface area (Å²) < 4.78 is 3.03. The molecule has 1 aliphatic rings. The molecule has 0 bridgehead atoms. The quantitative estimate of drug-likeness (QED) is 0.737. The van der Waals surface area contributed by atoms with Gasteiger partial charge in [-0.1, -0.05) is 0 Å². The zero-order valence-corrected chi connectivity index (χ0v) is 13.7. The van der Waals surface area contributed by atoms with Crippen molar-refractivity contribution in [3.63, 3.8) is 0 Å². The molecule has 128 valence electrons. The average Bonchev–Trinajstić information content (AvgIpc) is 2.92. The molecule has 0 unspecified atom stereocenters. The Balaban J connectivity index is 1.80. The second kappa shape index (κ2) is 5.73. The molecule has 0 saturated carbocycles. The molecule has 1 saturated heterocycles. The van der Waals surface area contributed by atoms with Crippen LogP contribution in [0.3, 0.4) is 0 Å². The maximum atomic E-state index is 12.1. The van der Waals surface area contributed by atoms with Crippen LogP contribution in [-0.4, -0.2) is 38.2 Å². The van der Waals surface area contributed by atoms with Crippen molar-refractivity contribution in [3.05, 3.63) is 51.3 Å². The number of carbonyl (C=O) groups excluding carboxylic acids is 1. The molecule has 1 aromatic carbocycles. The Hall–Kier alpha value is -3.16. The number of aromatic nitrogens is 4. The molecular weight excluding hydrogens is 322 g/mol. The minimum absolute atomic E-state index is 0.303. The normalized spacial score (nSPS) is 15.1. The SMILES string of the molecule is Cn1nc(-n2ccc(=O)[nH]c2=O)c2ccc(N3CCC(=O)CC3)cc21. The number of piperidine rings is 1. The topological polar surface area (TPSA) is 93.0 Å². The predicted octanol–water partition coefficient (Wildman–Crippen LogP) is 0.582. The van der Waals surface area contributed by atoms with Crippen LogP contribution in [0.4, 0.5) is 5.69 Å². The van der Waals surface area contributed by atoms with Crippen molar-refractivity contribution < 1.29 is 4.79 Å². The van der Waals surface area contributed by atoms with Gasteiger partial charge in [0.05, 0.1) is 5.52 Å². The molecule has 8 nitrogen and oxygen atoms in total. The van der Waals surface area contributed by atoms with Crippen LogP contribution in [0.25, 0.3) is 16.7 Å². The van der Waals surface area contributed by atoms with Crippen LogP contribution in [0, 0.1) is 0 Å². The highest BCUT2D eigenvalue weighted by molar-refractivity contribution is 5.89. The van der Waals surface area contributed by atoms with Gasteiger partial charge in [-0.15, -0.1) is 0 Å². The number of anilines is 1. The Morgan fingerprint density at radius 1 is 1.08 bits per heavy atom. The van der Waals surface area contributed by atoms with E-state index >= 15 is 0 Å². The highest BCUT2D eigenvalue weighted by atomic mass is 16.2. The van der Waals surface area contributed by atoms with E-state index in [2.05, 4.69) is 15.0 Å². The van der Waals surface area contributed by atoms with E-state index in [1.807, 2.05) is 25.2 Å². The van der Waals surface area contributed by atoms with Gasteiger partial charge >= 0.3 is 5.69 Å². The summed E-state index contributed by atoms with van der Waals surface area (Å²) in [6, 6.07) is 7.19. The number of carbonyl (C=O) groups is 1. The number of benzene rings is 1. The summed E-state index contributed by atoms with van der Waals surface area (Å²) in [5, 5.41) is 5.25. The maximum Gasteiger partial charge on any atom is 0.334 e. The minimum Gasteiger partial charge on any atom is -0.371 e. The van der Waals surface area contributed by atoms with Crippen molar-refractivity contribution in [3.8, 4) is 5.82 Å². The van der Waals surface area contributed by atoms with Crippen LogP contribution >= 0.6 is 0 Å². The maximum absolute atomic E-state index is 12.1. The van der Waals surface area contributed by atoms with Crippen LogP contribution in [0.5, 0.6) is 0 Å². The lowest BCUT2D eigenvalue weighted by atomic mass is 10.1. The summed E-state index contributed by atoms with van der Waals surface area (Å²) in [5.41, 5.74) is 0.945. The molecule has 1 aliphatic heterocycles. The Bertz CT molecular complexity index is 1080. The molecule has 1 fully saturated rings. The van der Waals surface area contributed by atoms with Gasteiger partial charge in [0.25, 0.3) is 5.56 Å². The number of fused-ring (bicyclic) bond motifs is 1. The Labute approximate surface area is 142 Å². The molecule has 1 N–H and O–H groups in total. The predicted molar refractivity (Wildman–Crippen MR) is 93.4 cm³/mol. The number of aromatic amines is 1. The third-order valence-corrected chi connectivity index (χ3v) is 4.55. The van der Waals surface area contributed by atoms with E-state index in [1.54, 1.807) is 4.68 Å². The minimum atomic E-state index is -0.522. The second-order valence-electron chi connectivity index (χ2n) is 6.15. The van der Waals surface area contributed by atoms with Crippen LogP contribution in [0.2, 0.25) is 0 Å². The highest BCUT2D eigenvalue weighted by Gasteiger charge is 2.18. The Morgan fingerprint density at radius 2 is 1.84 bits per heavy atom. The van der Waals surface area contributed by atoms with Crippen LogP contribution < -0.4 is 16.1 Å². The van der Waals surface area contributed by atoms with Gasteiger partial charge in [0.2, 0.25) is 0 Å². The van der Waals surface area contributed by atoms with E-state index in [9.17, 15) is 14.4 Å². The summed E-state index contributed by atoms with van der Waals surface area (Å²) in [5.74, 6) is 0.775. The van der Waals surface area contributed by atoms with Crippen molar-refractivity contribution in [2.45, 2.75) is 12.8 Å². The first-order valence-electron chi connectivity index (χ1n) is 8.09. The lowest BCUT2D eigenvalue weighted by Gasteiger charge is -2.28. The number of H-pyrrole nitrogens is 1. The van der Waals surface area contributed by atoms with Crippen molar-refractivity contribution >= 4 is 22.4 Å². The monoisotopic (exact) mass is 339 g/mol. The second-order valence-corrected chi connectivity index (χ2v) is 6.15. The molecule has 0 aliphatic carbocycles. The van der Waals surface area contributed by atoms with Gasteiger partial charge < -0.3 is 4.90 Å². The van der Waals surface area contributed by atoms with E-state index in [0.717, 1.165) is 16.6 Å². The molecule has 2 aromatic heterocycles. The molecule has 8 heteroatoms. The number of hydrogen-bond donors (Lipinski definition) is 1. The zero-order valence-electron chi connectivity index (χ0n) is 13.7. The van der Waals surface area contributed by atoms with Gasteiger partial charge in [0.15, 0.2) is 5.82 Å². The first-order valence-corrected chi connectivity index (χ1v) is 8.09. The summed E-state index contributed by atoms with van der Waals surface area (Å²) in [4.78, 5) is 39.2. The van der Waals surface area contributed by atoms with Crippen LogP contribution in [0.1, 0.15) is 12.8 Å². The van der Waals surface area contributed by atoms with E-state index in [1.165, 1.54) is 16.8 Å². The largest absolute Gasteiger partial charge is 0.371 e. The zero-order chi connectivity index (χ0) is 17.6.